The number of hydrogen-bond donors (Lipinski definition) is 1. The second kappa shape index (κ2) is 14.6. The second-order valence-electron chi connectivity index (χ2n) is 16.0. The van der Waals surface area contributed by atoms with Gasteiger partial charge in [-0.15, -0.1) is 0 Å². The van der Waals surface area contributed by atoms with Crippen LogP contribution in [0.2, 0.25) is 5.02 Å². The molecular weight excluding hydrogens is 760 g/mol. The van der Waals surface area contributed by atoms with Crippen molar-refractivity contribution in [3.63, 3.8) is 0 Å². The first kappa shape index (κ1) is 37.3. The van der Waals surface area contributed by atoms with E-state index in [2.05, 4.69) is 56.9 Å². The molecule has 0 radical (unpaired) electrons. The van der Waals surface area contributed by atoms with E-state index in [0.717, 1.165) is 99.9 Å². The van der Waals surface area contributed by atoms with Gasteiger partial charge in [0.15, 0.2) is 5.11 Å². The number of piperidine rings is 2. The summed E-state index contributed by atoms with van der Waals surface area (Å²) >= 11 is 12.3. The van der Waals surface area contributed by atoms with Crippen molar-refractivity contribution in [2.75, 3.05) is 65.4 Å². The SMILES string of the molecule is C=C1CCC(N2C(=O)c3ccc(N4CCN(CC5CCN(c6ccc(N7C(=S)N(c8ccc(C#N)c(Cl)c8)C(=O)C78CCC8)cc6)CC5)CC4)cc3C2=O)C(=O)N1. The Bertz CT molecular complexity index is 2250. The first-order valence-corrected chi connectivity index (χ1v) is 20.6. The number of carbonyl (C=O) groups excluding carboxylic acids is 4. The number of allylic oxidation sites excluding steroid dienone is 1. The zero-order chi connectivity index (χ0) is 39.6. The highest BCUT2D eigenvalue weighted by molar-refractivity contribution is 7.81. The van der Waals surface area contributed by atoms with Crippen molar-refractivity contribution in [1.82, 2.24) is 15.1 Å². The van der Waals surface area contributed by atoms with Crippen LogP contribution in [0.3, 0.4) is 0 Å². The van der Waals surface area contributed by atoms with E-state index < -0.39 is 23.4 Å². The largest absolute Gasteiger partial charge is 0.372 e. The third-order valence-corrected chi connectivity index (χ3v) is 13.5. The molecule has 1 spiro atoms. The topological polar surface area (TPSA) is 124 Å². The van der Waals surface area contributed by atoms with Crippen LogP contribution in [0, 0.1) is 17.2 Å². The summed E-state index contributed by atoms with van der Waals surface area (Å²) < 4.78 is 0. The number of nitrogens with one attached hydrogen (secondary N) is 1. The number of imide groups is 1. The predicted molar refractivity (Wildman–Crippen MR) is 223 cm³/mol. The van der Waals surface area contributed by atoms with E-state index >= 15 is 0 Å². The number of halogens is 1. The highest BCUT2D eigenvalue weighted by Gasteiger charge is 2.59. The lowest BCUT2D eigenvalue weighted by Gasteiger charge is -2.43. The highest BCUT2D eigenvalue weighted by atomic mass is 35.5. The van der Waals surface area contributed by atoms with Crippen LogP contribution in [0.1, 0.15) is 71.2 Å². The fourth-order valence-corrected chi connectivity index (χ4v) is 10.1. The number of thiocarbonyl (C=S) groups is 1. The molecule has 5 aliphatic heterocycles. The summed E-state index contributed by atoms with van der Waals surface area (Å²) in [5, 5.41) is 12.7. The number of piperazine rings is 1. The van der Waals surface area contributed by atoms with Crippen LogP contribution >= 0.6 is 23.8 Å². The van der Waals surface area contributed by atoms with Gasteiger partial charge in [0.1, 0.15) is 17.6 Å². The summed E-state index contributed by atoms with van der Waals surface area (Å²) in [5.74, 6) is -0.616. The van der Waals surface area contributed by atoms with Crippen LogP contribution in [-0.2, 0) is 9.59 Å². The van der Waals surface area contributed by atoms with Crippen molar-refractivity contribution in [3.05, 3.63) is 94.7 Å². The van der Waals surface area contributed by atoms with Crippen molar-refractivity contribution in [3.8, 4) is 6.07 Å². The molecule has 1 saturated carbocycles. The maximum absolute atomic E-state index is 13.9. The molecule has 1 unspecified atom stereocenters. The van der Waals surface area contributed by atoms with Gasteiger partial charge in [-0.05, 0) is 124 Å². The van der Waals surface area contributed by atoms with Gasteiger partial charge in [0, 0.05) is 68.6 Å². The first-order chi connectivity index (χ1) is 27.6. The number of fused-ring (bicyclic) bond motifs is 1. The van der Waals surface area contributed by atoms with Crippen molar-refractivity contribution in [2.24, 2.45) is 5.92 Å². The minimum Gasteiger partial charge on any atom is -0.372 e. The van der Waals surface area contributed by atoms with E-state index in [0.29, 0.717) is 57.0 Å². The molecule has 0 aromatic heterocycles. The van der Waals surface area contributed by atoms with Gasteiger partial charge in [0.25, 0.3) is 17.7 Å². The summed E-state index contributed by atoms with van der Waals surface area (Å²) in [4.78, 5) is 65.1. The molecule has 3 aromatic rings. The van der Waals surface area contributed by atoms with Gasteiger partial charge in [0.05, 0.1) is 27.4 Å². The number of anilines is 4. The number of benzene rings is 3. The molecule has 4 saturated heterocycles. The Labute approximate surface area is 342 Å². The Balaban J connectivity index is 0.780. The maximum atomic E-state index is 13.9. The first-order valence-electron chi connectivity index (χ1n) is 19.8. The monoisotopic (exact) mass is 802 g/mol. The Morgan fingerprint density at radius 2 is 1.46 bits per heavy atom. The lowest BCUT2D eigenvalue weighted by atomic mass is 9.75. The maximum Gasteiger partial charge on any atom is 0.262 e. The summed E-state index contributed by atoms with van der Waals surface area (Å²) in [7, 11) is 0. The van der Waals surface area contributed by atoms with Crippen molar-refractivity contribution >= 4 is 75.3 Å². The molecule has 1 aliphatic carbocycles. The molecule has 57 heavy (non-hydrogen) atoms. The third-order valence-electron chi connectivity index (χ3n) is 12.8. The minimum absolute atomic E-state index is 0.0454. The number of rotatable bonds is 7. The number of nitrogens with zero attached hydrogens (tertiary/aromatic N) is 7. The molecule has 1 N–H and O–H groups in total. The van der Waals surface area contributed by atoms with Crippen LogP contribution < -0.4 is 24.9 Å². The van der Waals surface area contributed by atoms with Gasteiger partial charge in [-0.2, -0.15) is 5.26 Å². The molecule has 5 heterocycles. The molecule has 5 fully saturated rings. The van der Waals surface area contributed by atoms with Gasteiger partial charge in [-0.25, -0.2) is 0 Å². The van der Waals surface area contributed by atoms with Crippen molar-refractivity contribution in [2.45, 2.75) is 56.5 Å². The zero-order valence-electron chi connectivity index (χ0n) is 31.6. The summed E-state index contributed by atoms with van der Waals surface area (Å²) in [6.45, 7) is 10.3. The van der Waals surface area contributed by atoms with E-state index in [1.165, 1.54) is 0 Å². The van der Waals surface area contributed by atoms with E-state index in [4.69, 9.17) is 23.8 Å². The van der Waals surface area contributed by atoms with Gasteiger partial charge in [0.2, 0.25) is 5.91 Å². The molecule has 9 rings (SSSR count). The summed E-state index contributed by atoms with van der Waals surface area (Å²) in [6.07, 6.45) is 5.53. The van der Waals surface area contributed by atoms with Gasteiger partial charge in [-0.3, -0.25) is 33.9 Å². The molecule has 292 valence electrons. The fraction of sp³-hybridized carbons (Fsp3) is 0.395. The highest BCUT2D eigenvalue weighted by Crippen LogP contribution is 2.48. The van der Waals surface area contributed by atoms with Gasteiger partial charge < -0.3 is 20.0 Å². The summed E-state index contributed by atoms with van der Waals surface area (Å²) in [5.41, 5.74) is 4.55. The number of hydrogen-bond acceptors (Lipinski definition) is 9. The molecule has 4 amide bonds. The smallest absolute Gasteiger partial charge is 0.262 e. The van der Waals surface area contributed by atoms with Crippen LogP contribution in [0.5, 0.6) is 0 Å². The van der Waals surface area contributed by atoms with E-state index in [9.17, 15) is 24.4 Å². The molecule has 6 aliphatic rings. The van der Waals surface area contributed by atoms with Crippen LogP contribution in [0.15, 0.2) is 72.9 Å². The van der Waals surface area contributed by atoms with Crippen LogP contribution in [-0.4, -0.2) is 95.9 Å². The second-order valence-corrected chi connectivity index (χ2v) is 16.8. The van der Waals surface area contributed by atoms with E-state index in [1.807, 2.05) is 17.0 Å². The fourth-order valence-electron chi connectivity index (χ4n) is 9.42. The van der Waals surface area contributed by atoms with Gasteiger partial charge in [-0.1, -0.05) is 18.2 Å². The number of nitriles is 1. The molecule has 0 bridgehead atoms. The van der Waals surface area contributed by atoms with Crippen LogP contribution in [0.25, 0.3) is 0 Å². The Morgan fingerprint density at radius 1 is 0.807 bits per heavy atom. The van der Waals surface area contributed by atoms with Crippen LogP contribution in [0.4, 0.5) is 22.7 Å². The minimum atomic E-state index is -0.815. The number of amides is 4. The molecule has 1 atom stereocenters. The third kappa shape index (κ3) is 6.34. The summed E-state index contributed by atoms with van der Waals surface area (Å²) in [6, 6.07) is 20.2. The average Bonchev–Trinajstić information content (AvgIpc) is 3.59. The zero-order valence-corrected chi connectivity index (χ0v) is 33.2. The Kier molecular flexibility index (Phi) is 9.54. The van der Waals surface area contributed by atoms with Crippen molar-refractivity contribution in [1.29, 1.82) is 5.26 Å². The number of carbonyl (C=O) groups is 4. The van der Waals surface area contributed by atoms with Crippen molar-refractivity contribution < 1.29 is 19.2 Å². The molecule has 14 heteroatoms. The normalized spacial score (nSPS) is 22.7. The predicted octanol–water partition coefficient (Wildman–Crippen LogP) is 5.70. The average molecular weight is 803 g/mol. The van der Waals surface area contributed by atoms with E-state index in [1.54, 1.807) is 29.2 Å². The Morgan fingerprint density at radius 3 is 2.11 bits per heavy atom. The lowest BCUT2D eigenvalue weighted by Crippen LogP contribution is -2.55. The molecule has 12 nitrogen and oxygen atoms in total. The standard InChI is InChI=1S/C43H43ClN8O4S/c1-27-3-12-37(38(53)46-27)51-39(54)34-11-10-32(23-35(34)40(51)55)49-21-19-47(20-22-49)26-28-13-17-48(18-14-28)30-6-8-31(9-7-30)52-42(57)50(41(56)43(52)15-2-16-43)33-5-4-29(25-45)36(44)24-33/h4-11,23-24,28,37H,1-3,12-22,26H2,(H,46,53). The van der Waals surface area contributed by atoms with E-state index in [-0.39, 0.29) is 11.8 Å². The van der Waals surface area contributed by atoms with Gasteiger partial charge >= 0.3 is 0 Å². The molecule has 3 aromatic carbocycles. The quantitative estimate of drug-likeness (QED) is 0.235. The Hall–Kier alpha value is -5.29. The molecular formula is C43H43ClN8O4S. The lowest BCUT2D eigenvalue weighted by molar-refractivity contribution is -0.125.